The van der Waals surface area contributed by atoms with E-state index in [0.717, 1.165) is 32.9 Å². The quantitative estimate of drug-likeness (QED) is 0.762. The summed E-state index contributed by atoms with van der Waals surface area (Å²) in [6.45, 7) is 1.98. The fraction of sp³-hybridized carbons (Fsp3) is 0.125. The molecule has 0 fully saturated rings. The molecule has 0 radical (unpaired) electrons. The molecule has 0 aliphatic rings. The number of aromatic nitrogens is 2. The van der Waals surface area contributed by atoms with Crippen molar-refractivity contribution in [3.63, 3.8) is 0 Å². The van der Waals surface area contributed by atoms with Gasteiger partial charge >= 0.3 is 0 Å². The Balaban J connectivity index is 2.29. The maximum Gasteiger partial charge on any atom is 0.162 e. The molecule has 100 valence electrons. The van der Waals surface area contributed by atoms with Crippen LogP contribution in [0.3, 0.4) is 0 Å². The minimum Gasteiger partial charge on any atom is -0.373 e. The Morgan fingerprint density at radius 3 is 2.60 bits per heavy atom. The Labute approximate surface area is 122 Å². The van der Waals surface area contributed by atoms with Gasteiger partial charge in [-0.05, 0) is 30.7 Å². The standard InChI is InChI=1S/C16H14ClN3/c1-10-11(7-5-8-13(10)17)16-19-14-9-4-3-6-12(14)15(18-2)20-16/h3-9H,1-2H3,(H,18,19,20). The lowest BCUT2D eigenvalue weighted by atomic mass is 10.1. The van der Waals surface area contributed by atoms with E-state index in [1.807, 2.05) is 56.4 Å². The summed E-state index contributed by atoms with van der Waals surface area (Å²) >= 11 is 6.18. The second-order valence-electron chi connectivity index (χ2n) is 4.58. The van der Waals surface area contributed by atoms with E-state index in [1.165, 1.54) is 0 Å². The largest absolute Gasteiger partial charge is 0.373 e. The topological polar surface area (TPSA) is 37.8 Å². The summed E-state index contributed by atoms with van der Waals surface area (Å²) in [5.41, 5.74) is 2.87. The van der Waals surface area contributed by atoms with Gasteiger partial charge in [0.15, 0.2) is 5.82 Å². The van der Waals surface area contributed by atoms with Crippen molar-refractivity contribution in [3.05, 3.63) is 53.1 Å². The minimum absolute atomic E-state index is 0.688. The number of hydrogen-bond acceptors (Lipinski definition) is 3. The van der Waals surface area contributed by atoms with Gasteiger partial charge in [0.2, 0.25) is 0 Å². The molecular weight excluding hydrogens is 270 g/mol. The molecule has 1 heterocycles. The maximum atomic E-state index is 6.18. The fourth-order valence-corrected chi connectivity index (χ4v) is 2.41. The third-order valence-electron chi connectivity index (χ3n) is 3.35. The zero-order chi connectivity index (χ0) is 14.1. The Kier molecular flexibility index (Phi) is 3.28. The van der Waals surface area contributed by atoms with E-state index in [9.17, 15) is 0 Å². The number of nitrogens with zero attached hydrogens (tertiary/aromatic N) is 2. The molecule has 20 heavy (non-hydrogen) atoms. The van der Waals surface area contributed by atoms with E-state index in [4.69, 9.17) is 11.6 Å². The van der Waals surface area contributed by atoms with Crippen molar-refractivity contribution in [2.24, 2.45) is 0 Å². The molecule has 0 atom stereocenters. The number of benzene rings is 2. The lowest BCUT2D eigenvalue weighted by molar-refractivity contribution is 1.20. The van der Waals surface area contributed by atoms with Gasteiger partial charge in [-0.2, -0.15) is 0 Å². The summed E-state index contributed by atoms with van der Waals surface area (Å²) in [6.07, 6.45) is 0. The highest BCUT2D eigenvalue weighted by Crippen LogP contribution is 2.29. The van der Waals surface area contributed by atoms with Crippen molar-refractivity contribution in [1.82, 2.24) is 9.97 Å². The third-order valence-corrected chi connectivity index (χ3v) is 3.76. The number of rotatable bonds is 2. The van der Waals surface area contributed by atoms with Crippen molar-refractivity contribution in [2.45, 2.75) is 6.92 Å². The first-order valence-electron chi connectivity index (χ1n) is 6.40. The Morgan fingerprint density at radius 1 is 1.00 bits per heavy atom. The molecule has 2 aromatic carbocycles. The van der Waals surface area contributed by atoms with Crippen molar-refractivity contribution in [1.29, 1.82) is 0 Å². The molecule has 0 saturated heterocycles. The molecule has 0 bridgehead atoms. The van der Waals surface area contributed by atoms with Crippen molar-refractivity contribution >= 4 is 28.3 Å². The van der Waals surface area contributed by atoms with Crippen LogP contribution in [0, 0.1) is 6.92 Å². The predicted molar refractivity (Wildman–Crippen MR) is 84.3 cm³/mol. The zero-order valence-corrected chi connectivity index (χ0v) is 12.1. The Hall–Kier alpha value is -2.13. The van der Waals surface area contributed by atoms with Crippen LogP contribution in [0.4, 0.5) is 5.82 Å². The Morgan fingerprint density at radius 2 is 1.80 bits per heavy atom. The Bertz CT molecular complexity index is 784. The molecule has 1 aromatic heterocycles. The van der Waals surface area contributed by atoms with Crippen LogP contribution in [0.1, 0.15) is 5.56 Å². The predicted octanol–water partition coefficient (Wildman–Crippen LogP) is 4.30. The van der Waals surface area contributed by atoms with Gasteiger partial charge < -0.3 is 5.32 Å². The van der Waals surface area contributed by atoms with Gasteiger partial charge in [-0.15, -0.1) is 0 Å². The van der Waals surface area contributed by atoms with Crippen molar-refractivity contribution < 1.29 is 0 Å². The lowest BCUT2D eigenvalue weighted by Gasteiger charge is -2.10. The monoisotopic (exact) mass is 283 g/mol. The summed E-state index contributed by atoms with van der Waals surface area (Å²) in [6, 6.07) is 13.7. The smallest absolute Gasteiger partial charge is 0.162 e. The lowest BCUT2D eigenvalue weighted by Crippen LogP contribution is -1.99. The molecule has 0 unspecified atom stereocenters. The molecule has 4 heteroatoms. The number of halogens is 1. The SMILES string of the molecule is CNc1nc(-c2cccc(Cl)c2C)nc2ccccc12. The highest BCUT2D eigenvalue weighted by Gasteiger charge is 2.11. The molecular formula is C16H14ClN3. The summed E-state index contributed by atoms with van der Waals surface area (Å²) < 4.78 is 0. The summed E-state index contributed by atoms with van der Waals surface area (Å²) in [4.78, 5) is 9.26. The van der Waals surface area contributed by atoms with Gasteiger partial charge in [0.05, 0.1) is 5.52 Å². The van der Waals surface area contributed by atoms with Crippen LogP contribution in [0.25, 0.3) is 22.3 Å². The second kappa shape index (κ2) is 5.10. The molecule has 3 rings (SSSR count). The van der Waals surface area contributed by atoms with Crippen LogP contribution in [0.2, 0.25) is 5.02 Å². The van der Waals surface area contributed by atoms with Gasteiger partial charge in [0.25, 0.3) is 0 Å². The highest BCUT2D eigenvalue weighted by atomic mass is 35.5. The van der Waals surface area contributed by atoms with Crippen LogP contribution in [-0.4, -0.2) is 17.0 Å². The average Bonchev–Trinajstić information content (AvgIpc) is 2.49. The van der Waals surface area contributed by atoms with Crippen LogP contribution in [-0.2, 0) is 0 Å². The number of nitrogens with one attached hydrogen (secondary N) is 1. The molecule has 3 nitrogen and oxygen atoms in total. The first kappa shape index (κ1) is 12.9. The molecule has 0 amide bonds. The normalized spacial score (nSPS) is 10.8. The number of anilines is 1. The van der Waals surface area contributed by atoms with E-state index in [2.05, 4.69) is 15.3 Å². The first-order chi connectivity index (χ1) is 9.70. The average molecular weight is 284 g/mol. The summed E-state index contributed by atoms with van der Waals surface area (Å²) in [5, 5.41) is 4.87. The first-order valence-corrected chi connectivity index (χ1v) is 6.78. The molecule has 3 aromatic rings. The number of para-hydroxylation sites is 1. The number of hydrogen-bond donors (Lipinski definition) is 1. The van der Waals surface area contributed by atoms with Crippen LogP contribution in [0.15, 0.2) is 42.5 Å². The van der Waals surface area contributed by atoms with Crippen LogP contribution < -0.4 is 5.32 Å². The van der Waals surface area contributed by atoms with Gasteiger partial charge in [-0.3, -0.25) is 0 Å². The number of fused-ring (bicyclic) bond motifs is 1. The van der Waals surface area contributed by atoms with E-state index in [1.54, 1.807) is 0 Å². The van der Waals surface area contributed by atoms with E-state index < -0.39 is 0 Å². The van der Waals surface area contributed by atoms with Gasteiger partial charge in [0, 0.05) is 23.0 Å². The fourth-order valence-electron chi connectivity index (χ4n) is 2.24. The van der Waals surface area contributed by atoms with E-state index in [-0.39, 0.29) is 0 Å². The minimum atomic E-state index is 0.688. The second-order valence-corrected chi connectivity index (χ2v) is 4.98. The third kappa shape index (κ3) is 2.10. The highest BCUT2D eigenvalue weighted by molar-refractivity contribution is 6.31. The van der Waals surface area contributed by atoms with Crippen LogP contribution >= 0.6 is 11.6 Å². The molecule has 1 N–H and O–H groups in total. The van der Waals surface area contributed by atoms with E-state index >= 15 is 0 Å². The van der Waals surface area contributed by atoms with E-state index in [0.29, 0.717) is 5.82 Å². The summed E-state index contributed by atoms with van der Waals surface area (Å²) in [5.74, 6) is 1.51. The molecule has 0 aliphatic heterocycles. The maximum absolute atomic E-state index is 6.18. The summed E-state index contributed by atoms with van der Waals surface area (Å²) in [7, 11) is 1.86. The van der Waals surface area contributed by atoms with Gasteiger partial charge in [-0.25, -0.2) is 9.97 Å². The van der Waals surface area contributed by atoms with Gasteiger partial charge in [-0.1, -0.05) is 35.9 Å². The molecule has 0 aliphatic carbocycles. The molecule has 0 spiro atoms. The van der Waals surface area contributed by atoms with Crippen molar-refractivity contribution in [3.8, 4) is 11.4 Å². The zero-order valence-electron chi connectivity index (χ0n) is 11.3. The van der Waals surface area contributed by atoms with Gasteiger partial charge in [0.1, 0.15) is 5.82 Å². The van der Waals surface area contributed by atoms with Crippen molar-refractivity contribution in [2.75, 3.05) is 12.4 Å². The van der Waals surface area contributed by atoms with Crippen LogP contribution in [0.5, 0.6) is 0 Å². The molecule has 0 saturated carbocycles.